The lowest BCUT2D eigenvalue weighted by Gasteiger charge is -2.21. The van der Waals surface area contributed by atoms with E-state index in [1.807, 2.05) is 36.1 Å². The van der Waals surface area contributed by atoms with Crippen LogP contribution in [0.25, 0.3) is 22.0 Å². The highest BCUT2D eigenvalue weighted by atomic mass is 35.5. The van der Waals surface area contributed by atoms with Gasteiger partial charge in [-0.1, -0.05) is 48.3 Å². The van der Waals surface area contributed by atoms with Crippen LogP contribution in [-0.4, -0.2) is 51.1 Å². The van der Waals surface area contributed by atoms with E-state index < -0.39 is 12.1 Å². The Balaban J connectivity index is 0.000000479. The number of carboxylic acid groups (broad SMARTS) is 1. The van der Waals surface area contributed by atoms with Crippen molar-refractivity contribution in [3.05, 3.63) is 46.4 Å². The quantitative estimate of drug-likeness (QED) is 0.328. The molecule has 0 bridgehead atoms. The highest BCUT2D eigenvalue weighted by Crippen LogP contribution is 2.38. The molecule has 0 atom stereocenters. The Morgan fingerprint density at radius 2 is 1.84 bits per heavy atom. The van der Waals surface area contributed by atoms with Crippen molar-refractivity contribution in [3.8, 4) is 17.0 Å². The number of fused-ring (bicyclic) bond motifs is 1. The molecule has 1 aromatic heterocycles. The molecule has 1 aliphatic carbocycles. The Labute approximate surface area is 221 Å². The first-order chi connectivity index (χ1) is 17.5. The predicted octanol–water partition coefficient (Wildman–Crippen LogP) is 7.28. The number of rotatable bonds is 7. The summed E-state index contributed by atoms with van der Waals surface area (Å²) < 4.78 is 39.4. The maximum atomic E-state index is 12.9. The normalized spacial score (nSPS) is 13.2. The number of benzene rings is 2. The molecule has 200 valence electrons. The predicted molar refractivity (Wildman–Crippen MR) is 135 cm³/mol. The fourth-order valence-corrected chi connectivity index (χ4v) is 4.17. The molecule has 0 unspecified atom stereocenters. The summed E-state index contributed by atoms with van der Waals surface area (Å²) in [6.07, 6.45) is -2.12. The Hall–Kier alpha value is -2.98. The zero-order chi connectivity index (χ0) is 27.3. The number of ether oxygens (including phenoxy) is 1. The molecule has 12 heteroatoms. The molecule has 0 spiro atoms. The molecule has 1 heterocycles. The molecule has 7 nitrogen and oxygen atoms in total. The Kier molecular flexibility index (Phi) is 9.31. The van der Waals surface area contributed by atoms with Crippen LogP contribution in [0.1, 0.15) is 33.1 Å². The molecule has 1 fully saturated rings. The van der Waals surface area contributed by atoms with E-state index >= 15 is 0 Å². The second-order valence-corrected chi connectivity index (χ2v) is 9.35. The van der Waals surface area contributed by atoms with Gasteiger partial charge < -0.3 is 14.7 Å². The molecule has 1 saturated carbocycles. The monoisotopic (exact) mass is 559 g/mol. The van der Waals surface area contributed by atoms with Gasteiger partial charge in [-0.25, -0.2) is 14.3 Å². The zero-order valence-corrected chi connectivity index (χ0v) is 21.7. The van der Waals surface area contributed by atoms with Gasteiger partial charge in [0.1, 0.15) is 5.52 Å². The second-order valence-electron chi connectivity index (χ2n) is 8.51. The lowest BCUT2D eigenvalue weighted by Crippen LogP contribution is -2.36. The lowest BCUT2D eigenvalue weighted by molar-refractivity contribution is -0.192. The lowest BCUT2D eigenvalue weighted by atomic mass is 10.0. The summed E-state index contributed by atoms with van der Waals surface area (Å²) in [6, 6.07) is 11.2. The number of alkyl halides is 3. The van der Waals surface area contributed by atoms with E-state index in [1.54, 1.807) is 16.8 Å². The molecular weight excluding hydrogens is 534 g/mol. The largest absolute Gasteiger partial charge is 0.490 e. The molecule has 1 N–H and O–H groups in total. The number of amides is 1. The average Bonchev–Trinajstić information content (AvgIpc) is 3.58. The van der Waals surface area contributed by atoms with E-state index in [1.165, 1.54) is 12.8 Å². The summed E-state index contributed by atoms with van der Waals surface area (Å²) in [6.45, 7) is 6.09. The molecule has 0 radical (unpaired) electrons. The Bertz CT molecular complexity index is 1280. The summed E-state index contributed by atoms with van der Waals surface area (Å²) in [5, 5.41) is 13.8. The smallest absolute Gasteiger partial charge is 0.475 e. The van der Waals surface area contributed by atoms with Gasteiger partial charge in [-0.15, -0.1) is 0 Å². The average molecular weight is 560 g/mol. The third-order valence-electron chi connectivity index (χ3n) is 5.60. The fraction of sp³-hybridized carbons (Fsp3) is 0.400. The maximum Gasteiger partial charge on any atom is 0.490 e. The van der Waals surface area contributed by atoms with E-state index in [9.17, 15) is 18.0 Å². The molecule has 4 rings (SSSR count). The highest BCUT2D eigenvalue weighted by molar-refractivity contribution is 6.36. The number of carbonyl (C=O) groups is 2. The van der Waals surface area contributed by atoms with Gasteiger partial charge >= 0.3 is 18.2 Å². The van der Waals surface area contributed by atoms with Crippen molar-refractivity contribution in [2.24, 2.45) is 5.92 Å². The van der Waals surface area contributed by atoms with Gasteiger partial charge in [0.05, 0.1) is 5.39 Å². The fourth-order valence-electron chi connectivity index (χ4n) is 3.66. The van der Waals surface area contributed by atoms with Crippen molar-refractivity contribution in [1.82, 2.24) is 14.7 Å². The second kappa shape index (κ2) is 12.0. The van der Waals surface area contributed by atoms with Crippen LogP contribution in [0.5, 0.6) is 5.88 Å². The number of aromatic nitrogens is 2. The van der Waals surface area contributed by atoms with Gasteiger partial charge in [0.2, 0.25) is 5.88 Å². The standard InChI is InChI=1S/C23H25Cl2N3O2.C2HF3O2/c1-3-12-27(14-15-8-9-15)23(29)30-22-19-7-5-6-18(21(19)26-28(22)4-2)17-11-10-16(24)13-20(17)25;3-2(4,5)1(6)7/h5-7,10-11,13,15H,3-4,8-9,12,14H2,1-2H3;(H,6,7). The van der Waals surface area contributed by atoms with Gasteiger partial charge in [-0.05, 0) is 50.3 Å². The number of carboxylic acids is 1. The minimum Gasteiger partial charge on any atom is -0.475 e. The zero-order valence-electron chi connectivity index (χ0n) is 20.2. The van der Waals surface area contributed by atoms with E-state index in [4.69, 9.17) is 42.9 Å². The highest BCUT2D eigenvalue weighted by Gasteiger charge is 2.38. The van der Waals surface area contributed by atoms with E-state index in [0.717, 1.165) is 35.0 Å². The van der Waals surface area contributed by atoms with E-state index in [2.05, 4.69) is 6.92 Å². The topological polar surface area (TPSA) is 84.7 Å². The first kappa shape index (κ1) is 28.6. The summed E-state index contributed by atoms with van der Waals surface area (Å²) in [7, 11) is 0. The van der Waals surface area contributed by atoms with Crippen LogP contribution in [0.15, 0.2) is 36.4 Å². The summed E-state index contributed by atoms with van der Waals surface area (Å²) in [5.41, 5.74) is 2.46. The molecule has 3 aromatic rings. The minimum atomic E-state index is -5.08. The number of nitrogens with zero attached hydrogens (tertiary/aromatic N) is 3. The van der Waals surface area contributed by atoms with Crippen LogP contribution in [-0.2, 0) is 11.3 Å². The van der Waals surface area contributed by atoms with Crippen LogP contribution in [0.3, 0.4) is 0 Å². The van der Waals surface area contributed by atoms with Crippen molar-refractivity contribution in [3.63, 3.8) is 0 Å². The Morgan fingerprint density at radius 1 is 1.16 bits per heavy atom. The number of aliphatic carboxylic acids is 1. The third kappa shape index (κ3) is 7.29. The number of hydrogen-bond acceptors (Lipinski definition) is 4. The van der Waals surface area contributed by atoms with Crippen LogP contribution in [0.2, 0.25) is 10.0 Å². The van der Waals surface area contributed by atoms with Crippen LogP contribution < -0.4 is 4.74 Å². The molecule has 1 aliphatic rings. The number of halogens is 5. The Morgan fingerprint density at radius 3 is 2.38 bits per heavy atom. The van der Waals surface area contributed by atoms with Crippen LogP contribution >= 0.6 is 23.2 Å². The first-order valence-corrected chi connectivity index (χ1v) is 12.4. The van der Waals surface area contributed by atoms with Crippen molar-refractivity contribution in [2.45, 2.75) is 45.8 Å². The molecule has 37 heavy (non-hydrogen) atoms. The number of aryl methyl sites for hydroxylation is 1. The number of hydrogen-bond donors (Lipinski definition) is 1. The van der Waals surface area contributed by atoms with Crippen molar-refractivity contribution in [1.29, 1.82) is 0 Å². The van der Waals surface area contributed by atoms with Crippen LogP contribution in [0.4, 0.5) is 18.0 Å². The number of carbonyl (C=O) groups excluding carboxylic acids is 1. The molecule has 1 amide bonds. The summed E-state index contributed by atoms with van der Waals surface area (Å²) in [5.74, 6) is -1.68. The van der Waals surface area contributed by atoms with Crippen LogP contribution in [0, 0.1) is 5.92 Å². The van der Waals surface area contributed by atoms with E-state index in [0.29, 0.717) is 34.9 Å². The van der Waals surface area contributed by atoms with Gasteiger partial charge in [-0.3, -0.25) is 0 Å². The van der Waals surface area contributed by atoms with Gasteiger partial charge in [0.15, 0.2) is 0 Å². The van der Waals surface area contributed by atoms with Gasteiger partial charge in [0.25, 0.3) is 0 Å². The summed E-state index contributed by atoms with van der Waals surface area (Å²) in [4.78, 5) is 23.7. The minimum absolute atomic E-state index is 0.310. The van der Waals surface area contributed by atoms with Crippen molar-refractivity contribution >= 4 is 46.2 Å². The first-order valence-electron chi connectivity index (χ1n) is 11.7. The van der Waals surface area contributed by atoms with Crippen molar-refractivity contribution in [2.75, 3.05) is 13.1 Å². The van der Waals surface area contributed by atoms with Gasteiger partial charge in [-0.2, -0.15) is 18.3 Å². The SMILES string of the molecule is CCCN(CC1CC1)C(=O)Oc1c2cccc(-c3ccc(Cl)cc3Cl)c2nn1CC.O=C(O)C(F)(F)F. The maximum absolute atomic E-state index is 12.9. The summed E-state index contributed by atoms with van der Waals surface area (Å²) >= 11 is 12.5. The molecule has 0 saturated heterocycles. The van der Waals surface area contributed by atoms with Crippen molar-refractivity contribution < 1.29 is 32.6 Å². The third-order valence-corrected chi connectivity index (χ3v) is 6.14. The molecular formula is C25H26Cl2F3N3O4. The van der Waals surface area contributed by atoms with E-state index in [-0.39, 0.29) is 6.09 Å². The molecule has 2 aromatic carbocycles. The van der Waals surface area contributed by atoms with Gasteiger partial charge in [0, 0.05) is 40.8 Å². The molecule has 0 aliphatic heterocycles.